The fourth-order valence-electron chi connectivity index (χ4n) is 2.06. The van der Waals surface area contributed by atoms with Gasteiger partial charge in [0.2, 0.25) is 0 Å². The summed E-state index contributed by atoms with van der Waals surface area (Å²) < 4.78 is 18.4. The first-order chi connectivity index (χ1) is 8.31. The summed E-state index contributed by atoms with van der Waals surface area (Å²) in [5.41, 5.74) is 0. The Kier molecular flexibility index (Phi) is 13.9. The third kappa shape index (κ3) is 13.8. The highest BCUT2D eigenvalue weighted by atomic mass is 19.1. The van der Waals surface area contributed by atoms with Gasteiger partial charge in [-0.1, -0.05) is 51.9 Å². The zero-order valence-electron chi connectivity index (χ0n) is 11.8. The van der Waals surface area contributed by atoms with Gasteiger partial charge in [-0.25, -0.2) is 4.39 Å². The molecule has 0 bridgehead atoms. The predicted molar refractivity (Wildman–Crippen MR) is 73.2 cm³/mol. The Balaban J connectivity index is 2.98. The summed E-state index contributed by atoms with van der Waals surface area (Å²) in [5, 5.41) is 0. The van der Waals surface area contributed by atoms with Gasteiger partial charge in [-0.05, 0) is 26.2 Å². The second kappa shape index (κ2) is 14.0. The van der Waals surface area contributed by atoms with Crippen LogP contribution in [0.2, 0.25) is 0 Å². The van der Waals surface area contributed by atoms with E-state index in [1.54, 1.807) is 0 Å². The Morgan fingerprint density at radius 1 is 0.824 bits per heavy atom. The SMILES string of the molecule is CCCC(F)CCCCCCCCCOCC. The molecule has 0 aromatic rings. The standard InChI is InChI=1S/C15H31FO/c1-3-12-15(16)13-10-8-6-5-7-9-11-14-17-4-2/h15H,3-14H2,1-2H3. The predicted octanol–water partition coefficient (Wildman–Crippen LogP) is 5.28. The van der Waals surface area contributed by atoms with Crippen molar-refractivity contribution in [1.82, 2.24) is 0 Å². The largest absolute Gasteiger partial charge is 0.382 e. The van der Waals surface area contributed by atoms with E-state index in [0.717, 1.165) is 38.9 Å². The topological polar surface area (TPSA) is 9.23 Å². The maximum Gasteiger partial charge on any atom is 0.100 e. The molecule has 17 heavy (non-hydrogen) atoms. The highest BCUT2D eigenvalue weighted by Gasteiger charge is 2.03. The molecule has 1 unspecified atom stereocenters. The van der Waals surface area contributed by atoms with Gasteiger partial charge in [0.05, 0.1) is 0 Å². The molecule has 0 saturated heterocycles. The van der Waals surface area contributed by atoms with Crippen LogP contribution in [0.3, 0.4) is 0 Å². The van der Waals surface area contributed by atoms with E-state index in [-0.39, 0.29) is 0 Å². The molecule has 0 aliphatic carbocycles. The lowest BCUT2D eigenvalue weighted by Crippen LogP contribution is -1.98. The van der Waals surface area contributed by atoms with Crippen LogP contribution in [0.25, 0.3) is 0 Å². The quantitative estimate of drug-likeness (QED) is 0.402. The summed E-state index contributed by atoms with van der Waals surface area (Å²) in [7, 11) is 0. The van der Waals surface area contributed by atoms with Gasteiger partial charge < -0.3 is 4.74 Å². The third-order valence-corrected chi connectivity index (χ3v) is 3.11. The molecule has 0 aromatic carbocycles. The molecule has 104 valence electrons. The Bertz CT molecular complexity index is 139. The van der Waals surface area contributed by atoms with Gasteiger partial charge in [0, 0.05) is 13.2 Å². The molecule has 0 aliphatic rings. The van der Waals surface area contributed by atoms with Gasteiger partial charge in [0.15, 0.2) is 0 Å². The number of unbranched alkanes of at least 4 members (excludes halogenated alkanes) is 6. The molecule has 1 nitrogen and oxygen atoms in total. The number of hydrogen-bond donors (Lipinski definition) is 0. The first-order valence-electron chi connectivity index (χ1n) is 7.53. The normalized spacial score (nSPS) is 12.9. The van der Waals surface area contributed by atoms with E-state index in [1.165, 1.54) is 38.5 Å². The van der Waals surface area contributed by atoms with Crippen molar-refractivity contribution in [2.24, 2.45) is 0 Å². The van der Waals surface area contributed by atoms with E-state index in [2.05, 4.69) is 6.92 Å². The third-order valence-electron chi connectivity index (χ3n) is 3.11. The molecule has 0 heterocycles. The minimum absolute atomic E-state index is 0.550. The molecule has 0 fully saturated rings. The van der Waals surface area contributed by atoms with E-state index in [1.807, 2.05) is 6.92 Å². The van der Waals surface area contributed by atoms with Crippen molar-refractivity contribution in [2.75, 3.05) is 13.2 Å². The van der Waals surface area contributed by atoms with E-state index in [0.29, 0.717) is 0 Å². The van der Waals surface area contributed by atoms with Gasteiger partial charge >= 0.3 is 0 Å². The number of alkyl halides is 1. The van der Waals surface area contributed by atoms with Crippen molar-refractivity contribution in [3.05, 3.63) is 0 Å². The van der Waals surface area contributed by atoms with Crippen molar-refractivity contribution in [2.45, 2.75) is 84.2 Å². The zero-order chi connectivity index (χ0) is 12.8. The van der Waals surface area contributed by atoms with Crippen LogP contribution in [0.1, 0.15) is 78.1 Å². The highest BCUT2D eigenvalue weighted by molar-refractivity contribution is 4.55. The van der Waals surface area contributed by atoms with Gasteiger partial charge in [0.25, 0.3) is 0 Å². The summed E-state index contributed by atoms with van der Waals surface area (Å²) in [6.45, 7) is 5.84. The van der Waals surface area contributed by atoms with Crippen LogP contribution >= 0.6 is 0 Å². The molecule has 0 aliphatic heterocycles. The lowest BCUT2D eigenvalue weighted by atomic mass is 10.0. The second-order valence-electron chi connectivity index (χ2n) is 4.85. The molecule has 0 aromatic heterocycles. The lowest BCUT2D eigenvalue weighted by Gasteiger charge is -2.06. The lowest BCUT2D eigenvalue weighted by molar-refractivity contribution is 0.143. The Labute approximate surface area is 107 Å². The second-order valence-corrected chi connectivity index (χ2v) is 4.85. The van der Waals surface area contributed by atoms with Crippen LogP contribution in [0.15, 0.2) is 0 Å². The monoisotopic (exact) mass is 246 g/mol. The molecule has 0 saturated carbocycles. The van der Waals surface area contributed by atoms with Crippen LogP contribution in [0.4, 0.5) is 4.39 Å². The van der Waals surface area contributed by atoms with Crippen molar-refractivity contribution < 1.29 is 9.13 Å². The van der Waals surface area contributed by atoms with Gasteiger partial charge in [0.1, 0.15) is 6.17 Å². The Hall–Kier alpha value is -0.110. The molecule has 2 heteroatoms. The first kappa shape index (κ1) is 16.9. The van der Waals surface area contributed by atoms with E-state index >= 15 is 0 Å². The minimum Gasteiger partial charge on any atom is -0.382 e. The van der Waals surface area contributed by atoms with Crippen LogP contribution in [0.5, 0.6) is 0 Å². The smallest absolute Gasteiger partial charge is 0.100 e. The van der Waals surface area contributed by atoms with Gasteiger partial charge in [-0.15, -0.1) is 0 Å². The van der Waals surface area contributed by atoms with E-state index < -0.39 is 6.17 Å². The first-order valence-corrected chi connectivity index (χ1v) is 7.53. The number of halogens is 1. The number of rotatable bonds is 13. The minimum atomic E-state index is -0.550. The van der Waals surface area contributed by atoms with Crippen molar-refractivity contribution in [3.8, 4) is 0 Å². The summed E-state index contributed by atoms with van der Waals surface area (Å²) in [6, 6.07) is 0. The fraction of sp³-hybridized carbons (Fsp3) is 1.00. The molecule has 0 spiro atoms. The highest BCUT2D eigenvalue weighted by Crippen LogP contribution is 2.13. The molecule has 0 N–H and O–H groups in total. The molecule has 0 radical (unpaired) electrons. The Morgan fingerprint density at radius 2 is 1.41 bits per heavy atom. The van der Waals surface area contributed by atoms with Crippen molar-refractivity contribution >= 4 is 0 Å². The maximum atomic E-state index is 13.1. The fourth-order valence-corrected chi connectivity index (χ4v) is 2.06. The molecular weight excluding hydrogens is 215 g/mol. The van der Waals surface area contributed by atoms with Crippen LogP contribution in [-0.2, 0) is 4.74 Å². The van der Waals surface area contributed by atoms with Gasteiger partial charge in [-0.2, -0.15) is 0 Å². The summed E-state index contributed by atoms with van der Waals surface area (Å²) in [5.74, 6) is 0. The maximum absolute atomic E-state index is 13.1. The summed E-state index contributed by atoms with van der Waals surface area (Å²) >= 11 is 0. The van der Waals surface area contributed by atoms with Crippen LogP contribution in [-0.4, -0.2) is 19.4 Å². The van der Waals surface area contributed by atoms with E-state index in [9.17, 15) is 4.39 Å². The number of ether oxygens (including phenoxy) is 1. The molecule has 1 atom stereocenters. The molecule has 0 rings (SSSR count). The van der Waals surface area contributed by atoms with E-state index in [4.69, 9.17) is 4.74 Å². The van der Waals surface area contributed by atoms with Gasteiger partial charge in [-0.3, -0.25) is 0 Å². The summed E-state index contributed by atoms with van der Waals surface area (Å²) in [4.78, 5) is 0. The van der Waals surface area contributed by atoms with Crippen LogP contribution in [0, 0.1) is 0 Å². The number of hydrogen-bond acceptors (Lipinski definition) is 1. The van der Waals surface area contributed by atoms with Crippen molar-refractivity contribution in [3.63, 3.8) is 0 Å². The van der Waals surface area contributed by atoms with Crippen molar-refractivity contribution in [1.29, 1.82) is 0 Å². The molecule has 0 amide bonds. The zero-order valence-corrected chi connectivity index (χ0v) is 11.8. The average Bonchev–Trinajstić information content (AvgIpc) is 2.32. The Morgan fingerprint density at radius 3 is 2.00 bits per heavy atom. The molecular formula is C15H31FO. The average molecular weight is 246 g/mol. The summed E-state index contributed by atoms with van der Waals surface area (Å²) in [6.07, 6.45) is 10.6. The van der Waals surface area contributed by atoms with Crippen LogP contribution < -0.4 is 0 Å².